The van der Waals surface area contributed by atoms with E-state index in [1.165, 1.54) is 0 Å². The van der Waals surface area contributed by atoms with E-state index in [1.807, 2.05) is 32.8 Å². The molecule has 1 atom stereocenters. The van der Waals surface area contributed by atoms with Crippen LogP contribution in [0.15, 0.2) is 0 Å². The second-order valence-corrected chi connectivity index (χ2v) is 4.71. The maximum atomic E-state index is 12.1. The van der Waals surface area contributed by atoms with Crippen molar-refractivity contribution in [2.24, 2.45) is 7.05 Å². The SMILES string of the molecule is CCc1nn(C)c(C(=O)NCC(C)N(C)C)c1N. The molecule has 3 N–H and O–H groups in total. The largest absolute Gasteiger partial charge is 0.395 e. The Balaban J connectivity index is 2.76. The molecule has 1 rings (SSSR count). The average molecular weight is 253 g/mol. The fraction of sp³-hybridized carbons (Fsp3) is 0.667. The Morgan fingerprint density at radius 3 is 2.61 bits per heavy atom. The van der Waals surface area contributed by atoms with Crippen molar-refractivity contribution in [1.29, 1.82) is 0 Å². The van der Waals surface area contributed by atoms with Gasteiger partial charge in [-0.15, -0.1) is 0 Å². The minimum atomic E-state index is -0.170. The number of carbonyl (C=O) groups is 1. The first kappa shape index (κ1) is 14.5. The van der Waals surface area contributed by atoms with Gasteiger partial charge in [0.1, 0.15) is 5.69 Å². The van der Waals surface area contributed by atoms with Crippen LogP contribution in [0, 0.1) is 0 Å². The maximum absolute atomic E-state index is 12.1. The number of aromatic nitrogens is 2. The number of anilines is 1. The van der Waals surface area contributed by atoms with Crippen LogP contribution in [0.1, 0.15) is 30.0 Å². The highest BCUT2D eigenvalue weighted by atomic mass is 16.2. The minimum absolute atomic E-state index is 0.170. The molecule has 0 aromatic carbocycles. The van der Waals surface area contributed by atoms with Gasteiger partial charge in [-0.25, -0.2) is 0 Å². The average Bonchev–Trinajstić information content (AvgIpc) is 2.60. The predicted octanol–water partition coefficient (Wildman–Crippen LogP) is 0.245. The molecule has 1 amide bonds. The first-order valence-electron chi connectivity index (χ1n) is 6.14. The standard InChI is InChI=1S/C12H23N5O/c1-6-9-10(13)11(17(5)15-9)12(18)14-7-8(2)16(3)4/h8H,6-7,13H2,1-5H3,(H,14,18). The van der Waals surface area contributed by atoms with E-state index in [9.17, 15) is 4.79 Å². The molecule has 1 heterocycles. The van der Waals surface area contributed by atoms with Gasteiger partial charge in [0.2, 0.25) is 0 Å². The molecule has 0 saturated heterocycles. The fourth-order valence-electron chi connectivity index (χ4n) is 1.63. The van der Waals surface area contributed by atoms with Crippen LogP contribution in [0.5, 0.6) is 0 Å². The van der Waals surface area contributed by atoms with Crippen molar-refractivity contribution in [2.45, 2.75) is 26.3 Å². The molecule has 0 saturated carbocycles. The van der Waals surface area contributed by atoms with Gasteiger partial charge in [-0.1, -0.05) is 6.92 Å². The Labute approximate surface area is 108 Å². The van der Waals surface area contributed by atoms with E-state index in [2.05, 4.69) is 10.4 Å². The zero-order valence-corrected chi connectivity index (χ0v) is 11.8. The highest BCUT2D eigenvalue weighted by molar-refractivity contribution is 5.97. The molecule has 0 aliphatic heterocycles. The molecule has 0 aliphatic rings. The third-order valence-electron chi connectivity index (χ3n) is 3.15. The second-order valence-electron chi connectivity index (χ2n) is 4.71. The van der Waals surface area contributed by atoms with Gasteiger partial charge < -0.3 is 16.0 Å². The number of carbonyl (C=O) groups excluding carboxylic acids is 1. The molecule has 0 radical (unpaired) electrons. The third-order valence-corrected chi connectivity index (χ3v) is 3.15. The van der Waals surface area contributed by atoms with Crippen LogP contribution in [-0.2, 0) is 13.5 Å². The Bertz CT molecular complexity index is 424. The summed E-state index contributed by atoms with van der Waals surface area (Å²) in [4.78, 5) is 14.1. The Hall–Kier alpha value is -1.56. The van der Waals surface area contributed by atoms with Crippen LogP contribution in [0.3, 0.4) is 0 Å². The van der Waals surface area contributed by atoms with Crippen molar-refractivity contribution in [3.8, 4) is 0 Å². The summed E-state index contributed by atoms with van der Waals surface area (Å²) in [6.07, 6.45) is 0.723. The summed E-state index contributed by atoms with van der Waals surface area (Å²) in [5.74, 6) is -0.170. The fourth-order valence-corrected chi connectivity index (χ4v) is 1.63. The lowest BCUT2D eigenvalue weighted by atomic mass is 10.2. The molecule has 0 bridgehead atoms. The molecule has 18 heavy (non-hydrogen) atoms. The summed E-state index contributed by atoms with van der Waals surface area (Å²) >= 11 is 0. The van der Waals surface area contributed by atoms with E-state index in [-0.39, 0.29) is 11.9 Å². The number of aryl methyl sites for hydroxylation is 2. The number of nitrogens with zero attached hydrogens (tertiary/aromatic N) is 3. The predicted molar refractivity (Wildman–Crippen MR) is 72.5 cm³/mol. The van der Waals surface area contributed by atoms with Gasteiger partial charge in [-0.3, -0.25) is 9.48 Å². The zero-order valence-electron chi connectivity index (χ0n) is 11.8. The van der Waals surface area contributed by atoms with Crippen molar-refractivity contribution in [3.05, 3.63) is 11.4 Å². The van der Waals surface area contributed by atoms with Crippen molar-refractivity contribution < 1.29 is 4.79 Å². The van der Waals surface area contributed by atoms with Crippen molar-refractivity contribution in [1.82, 2.24) is 20.0 Å². The maximum Gasteiger partial charge on any atom is 0.271 e. The lowest BCUT2D eigenvalue weighted by Crippen LogP contribution is -2.39. The molecule has 0 aliphatic carbocycles. The van der Waals surface area contributed by atoms with Crippen LogP contribution < -0.4 is 11.1 Å². The summed E-state index contributed by atoms with van der Waals surface area (Å²) in [6, 6.07) is 0.272. The monoisotopic (exact) mass is 253 g/mol. The molecule has 0 spiro atoms. The number of hydrogen-bond acceptors (Lipinski definition) is 4. The lowest BCUT2D eigenvalue weighted by Gasteiger charge is -2.20. The molecular weight excluding hydrogens is 230 g/mol. The molecule has 6 heteroatoms. The first-order valence-corrected chi connectivity index (χ1v) is 6.14. The van der Waals surface area contributed by atoms with Crippen molar-refractivity contribution in [3.63, 3.8) is 0 Å². The smallest absolute Gasteiger partial charge is 0.271 e. The van der Waals surface area contributed by atoms with E-state index < -0.39 is 0 Å². The molecule has 6 nitrogen and oxygen atoms in total. The van der Waals surface area contributed by atoms with Crippen LogP contribution in [-0.4, -0.2) is 47.3 Å². The molecule has 1 unspecified atom stereocenters. The number of nitrogen functional groups attached to an aromatic ring is 1. The number of hydrogen-bond donors (Lipinski definition) is 2. The summed E-state index contributed by atoms with van der Waals surface area (Å²) in [6.45, 7) is 4.59. The summed E-state index contributed by atoms with van der Waals surface area (Å²) < 4.78 is 1.55. The minimum Gasteiger partial charge on any atom is -0.395 e. The summed E-state index contributed by atoms with van der Waals surface area (Å²) in [7, 11) is 5.69. The van der Waals surface area contributed by atoms with Crippen LogP contribution in [0.2, 0.25) is 0 Å². The topological polar surface area (TPSA) is 76.2 Å². The normalized spacial score (nSPS) is 12.8. The molecule has 1 aromatic heterocycles. The quantitative estimate of drug-likeness (QED) is 0.788. The van der Waals surface area contributed by atoms with Crippen LogP contribution >= 0.6 is 0 Å². The Kier molecular flexibility index (Phi) is 4.72. The van der Waals surface area contributed by atoms with Crippen LogP contribution in [0.25, 0.3) is 0 Å². The van der Waals surface area contributed by atoms with E-state index in [0.717, 1.165) is 12.1 Å². The van der Waals surface area contributed by atoms with Gasteiger partial charge in [0.15, 0.2) is 0 Å². The third kappa shape index (κ3) is 3.01. The molecule has 102 valence electrons. The Morgan fingerprint density at radius 2 is 2.17 bits per heavy atom. The van der Waals surface area contributed by atoms with Gasteiger partial charge >= 0.3 is 0 Å². The van der Waals surface area contributed by atoms with E-state index >= 15 is 0 Å². The second kappa shape index (κ2) is 5.86. The lowest BCUT2D eigenvalue weighted by molar-refractivity contribution is 0.0935. The van der Waals surface area contributed by atoms with Crippen molar-refractivity contribution >= 4 is 11.6 Å². The first-order chi connectivity index (χ1) is 8.38. The highest BCUT2D eigenvalue weighted by Crippen LogP contribution is 2.16. The Morgan fingerprint density at radius 1 is 1.56 bits per heavy atom. The number of likely N-dealkylation sites (N-methyl/N-ethyl adjacent to an activating group) is 1. The number of rotatable bonds is 5. The van der Waals surface area contributed by atoms with E-state index in [4.69, 9.17) is 5.73 Å². The van der Waals surface area contributed by atoms with Gasteiger partial charge in [-0.2, -0.15) is 5.10 Å². The van der Waals surface area contributed by atoms with E-state index in [0.29, 0.717) is 17.9 Å². The van der Waals surface area contributed by atoms with Crippen LogP contribution in [0.4, 0.5) is 5.69 Å². The van der Waals surface area contributed by atoms with Gasteiger partial charge in [0, 0.05) is 19.6 Å². The van der Waals surface area contributed by atoms with Gasteiger partial charge in [0.25, 0.3) is 5.91 Å². The molecule has 0 fully saturated rings. The summed E-state index contributed by atoms with van der Waals surface area (Å²) in [5, 5.41) is 7.11. The zero-order chi connectivity index (χ0) is 13.9. The van der Waals surface area contributed by atoms with Gasteiger partial charge in [0.05, 0.1) is 11.4 Å². The number of nitrogens with one attached hydrogen (secondary N) is 1. The van der Waals surface area contributed by atoms with Crippen molar-refractivity contribution in [2.75, 3.05) is 26.4 Å². The highest BCUT2D eigenvalue weighted by Gasteiger charge is 2.19. The number of nitrogens with two attached hydrogens (primary N) is 1. The summed E-state index contributed by atoms with van der Waals surface area (Å²) in [5.41, 5.74) is 7.62. The molecular formula is C12H23N5O. The van der Waals surface area contributed by atoms with Gasteiger partial charge in [-0.05, 0) is 27.4 Å². The number of amides is 1. The van der Waals surface area contributed by atoms with E-state index in [1.54, 1.807) is 11.7 Å². The molecule has 1 aromatic rings.